The van der Waals surface area contributed by atoms with Crippen molar-refractivity contribution in [1.29, 1.82) is 0 Å². The van der Waals surface area contributed by atoms with Crippen molar-refractivity contribution >= 4 is 11.8 Å². The molecule has 1 saturated heterocycles. The van der Waals surface area contributed by atoms with Crippen molar-refractivity contribution in [3.8, 4) is 0 Å². The molecule has 1 heterocycles. The summed E-state index contributed by atoms with van der Waals surface area (Å²) in [6.07, 6.45) is 1.88. The summed E-state index contributed by atoms with van der Waals surface area (Å²) in [6.45, 7) is 1.50. The first-order chi connectivity index (χ1) is 9.56. The molecule has 0 bridgehead atoms. The van der Waals surface area contributed by atoms with Gasteiger partial charge in [-0.05, 0) is 30.9 Å². The zero-order valence-electron chi connectivity index (χ0n) is 11.5. The maximum absolute atomic E-state index is 11.7. The van der Waals surface area contributed by atoms with Gasteiger partial charge in [0, 0.05) is 13.0 Å². The van der Waals surface area contributed by atoms with E-state index in [0.717, 1.165) is 18.5 Å². The standard InChI is InChI=1S/C15H21N3O2/c16-14(19)9-12-6-7-18(10-12)13(15(17)20)8-11-4-2-1-3-5-11/h1-5,12-13H,6-10H2,(H2,16,19)(H2,17,20). The molecule has 0 spiro atoms. The molecule has 20 heavy (non-hydrogen) atoms. The molecule has 108 valence electrons. The third-order valence-electron chi connectivity index (χ3n) is 3.85. The highest BCUT2D eigenvalue weighted by Gasteiger charge is 2.31. The Morgan fingerprint density at radius 2 is 1.95 bits per heavy atom. The highest BCUT2D eigenvalue weighted by Crippen LogP contribution is 2.22. The van der Waals surface area contributed by atoms with Crippen LogP contribution in [0.25, 0.3) is 0 Å². The normalized spacial score (nSPS) is 20.7. The molecule has 2 amide bonds. The van der Waals surface area contributed by atoms with Crippen LogP contribution in [0.15, 0.2) is 30.3 Å². The lowest BCUT2D eigenvalue weighted by Crippen LogP contribution is -2.45. The molecule has 1 aromatic rings. The number of primary amides is 2. The molecule has 5 nitrogen and oxygen atoms in total. The van der Waals surface area contributed by atoms with Crippen LogP contribution in [0.3, 0.4) is 0 Å². The number of benzene rings is 1. The lowest BCUT2D eigenvalue weighted by molar-refractivity contribution is -0.122. The van der Waals surface area contributed by atoms with Gasteiger partial charge in [0.25, 0.3) is 0 Å². The lowest BCUT2D eigenvalue weighted by atomic mass is 10.0. The molecule has 0 radical (unpaired) electrons. The number of amides is 2. The Kier molecular flexibility index (Phi) is 4.74. The first kappa shape index (κ1) is 14.5. The average molecular weight is 275 g/mol. The van der Waals surface area contributed by atoms with Crippen LogP contribution < -0.4 is 11.5 Å². The van der Waals surface area contributed by atoms with Crippen LogP contribution >= 0.6 is 0 Å². The predicted octanol–water partition coefficient (Wildman–Crippen LogP) is 0.280. The number of nitrogens with two attached hydrogens (primary N) is 2. The van der Waals surface area contributed by atoms with Gasteiger partial charge < -0.3 is 11.5 Å². The van der Waals surface area contributed by atoms with Crippen molar-refractivity contribution in [3.05, 3.63) is 35.9 Å². The Balaban J connectivity index is 1.99. The number of rotatable bonds is 6. The monoisotopic (exact) mass is 275 g/mol. The fourth-order valence-electron chi connectivity index (χ4n) is 2.84. The quantitative estimate of drug-likeness (QED) is 0.781. The van der Waals surface area contributed by atoms with Crippen LogP contribution in [0.5, 0.6) is 0 Å². The minimum atomic E-state index is -0.312. The summed E-state index contributed by atoms with van der Waals surface area (Å²) < 4.78 is 0. The molecule has 0 saturated carbocycles. The average Bonchev–Trinajstić information content (AvgIpc) is 2.84. The van der Waals surface area contributed by atoms with Gasteiger partial charge in [0.05, 0.1) is 6.04 Å². The van der Waals surface area contributed by atoms with E-state index in [9.17, 15) is 9.59 Å². The summed E-state index contributed by atoms with van der Waals surface area (Å²) >= 11 is 0. The van der Waals surface area contributed by atoms with Gasteiger partial charge in [-0.2, -0.15) is 0 Å². The summed E-state index contributed by atoms with van der Waals surface area (Å²) in [4.78, 5) is 24.7. The van der Waals surface area contributed by atoms with Crippen molar-refractivity contribution in [2.75, 3.05) is 13.1 Å². The Morgan fingerprint density at radius 3 is 2.55 bits per heavy atom. The van der Waals surface area contributed by atoms with Gasteiger partial charge in [-0.3, -0.25) is 14.5 Å². The second-order valence-electron chi connectivity index (χ2n) is 5.43. The fourth-order valence-corrected chi connectivity index (χ4v) is 2.84. The second-order valence-corrected chi connectivity index (χ2v) is 5.43. The minimum Gasteiger partial charge on any atom is -0.370 e. The van der Waals surface area contributed by atoms with Crippen LogP contribution in [0.4, 0.5) is 0 Å². The number of carbonyl (C=O) groups is 2. The maximum atomic E-state index is 11.7. The van der Waals surface area contributed by atoms with Crippen molar-refractivity contribution in [2.45, 2.75) is 25.3 Å². The predicted molar refractivity (Wildman–Crippen MR) is 76.6 cm³/mol. The summed E-state index contributed by atoms with van der Waals surface area (Å²) in [5.74, 6) is -0.353. The first-order valence-electron chi connectivity index (χ1n) is 6.92. The number of hydrogen-bond donors (Lipinski definition) is 2. The van der Waals surface area contributed by atoms with E-state index in [4.69, 9.17) is 11.5 Å². The van der Waals surface area contributed by atoms with Crippen LogP contribution in [0, 0.1) is 5.92 Å². The van der Waals surface area contributed by atoms with E-state index >= 15 is 0 Å². The Morgan fingerprint density at radius 1 is 1.25 bits per heavy atom. The lowest BCUT2D eigenvalue weighted by Gasteiger charge is -2.25. The van der Waals surface area contributed by atoms with Crippen LogP contribution in [0.1, 0.15) is 18.4 Å². The van der Waals surface area contributed by atoms with Gasteiger partial charge in [-0.15, -0.1) is 0 Å². The van der Waals surface area contributed by atoms with E-state index in [2.05, 4.69) is 4.90 Å². The molecule has 5 heteroatoms. The maximum Gasteiger partial charge on any atom is 0.235 e. The topological polar surface area (TPSA) is 89.4 Å². The number of carbonyl (C=O) groups excluding carboxylic acids is 2. The van der Waals surface area contributed by atoms with E-state index in [1.807, 2.05) is 30.3 Å². The summed E-state index contributed by atoms with van der Waals surface area (Å²) in [6, 6.07) is 9.53. The number of hydrogen-bond acceptors (Lipinski definition) is 3. The van der Waals surface area contributed by atoms with Gasteiger partial charge in [-0.1, -0.05) is 30.3 Å². The van der Waals surface area contributed by atoms with Gasteiger partial charge in [0.2, 0.25) is 11.8 Å². The van der Waals surface area contributed by atoms with Crippen molar-refractivity contribution in [2.24, 2.45) is 17.4 Å². The van der Waals surface area contributed by atoms with E-state index in [0.29, 0.717) is 19.4 Å². The minimum absolute atomic E-state index is 0.241. The molecule has 4 N–H and O–H groups in total. The molecule has 0 aromatic heterocycles. The smallest absolute Gasteiger partial charge is 0.235 e. The molecule has 2 unspecified atom stereocenters. The summed E-state index contributed by atoms with van der Waals surface area (Å²) in [5.41, 5.74) is 11.9. The summed E-state index contributed by atoms with van der Waals surface area (Å²) in [5, 5.41) is 0. The van der Waals surface area contributed by atoms with Crippen LogP contribution in [0.2, 0.25) is 0 Å². The largest absolute Gasteiger partial charge is 0.370 e. The van der Waals surface area contributed by atoms with Gasteiger partial charge in [-0.25, -0.2) is 0 Å². The molecule has 1 fully saturated rings. The third-order valence-corrected chi connectivity index (χ3v) is 3.85. The number of nitrogens with zero attached hydrogens (tertiary/aromatic N) is 1. The Hall–Kier alpha value is -1.88. The molecular formula is C15H21N3O2. The molecular weight excluding hydrogens is 254 g/mol. The zero-order chi connectivity index (χ0) is 14.5. The SMILES string of the molecule is NC(=O)CC1CCN(C(Cc2ccccc2)C(N)=O)C1. The molecule has 2 rings (SSSR count). The van der Waals surface area contributed by atoms with Crippen molar-refractivity contribution in [3.63, 3.8) is 0 Å². The van der Waals surface area contributed by atoms with Gasteiger partial charge in [0.1, 0.15) is 0 Å². The van der Waals surface area contributed by atoms with Crippen molar-refractivity contribution < 1.29 is 9.59 Å². The van der Waals surface area contributed by atoms with Crippen molar-refractivity contribution in [1.82, 2.24) is 4.90 Å². The third kappa shape index (κ3) is 3.81. The van der Waals surface area contributed by atoms with Gasteiger partial charge in [0.15, 0.2) is 0 Å². The highest BCUT2D eigenvalue weighted by atomic mass is 16.1. The van der Waals surface area contributed by atoms with Crippen LogP contribution in [-0.4, -0.2) is 35.8 Å². The number of likely N-dealkylation sites (tertiary alicyclic amines) is 1. The molecule has 0 aliphatic carbocycles. The Bertz CT molecular complexity index is 475. The van der Waals surface area contributed by atoms with Gasteiger partial charge >= 0.3 is 0 Å². The second kappa shape index (κ2) is 6.52. The molecule has 1 aliphatic rings. The highest BCUT2D eigenvalue weighted by molar-refractivity contribution is 5.80. The van der Waals surface area contributed by atoms with Crippen LogP contribution in [-0.2, 0) is 16.0 Å². The zero-order valence-corrected chi connectivity index (χ0v) is 11.5. The molecule has 1 aliphatic heterocycles. The van der Waals surface area contributed by atoms with E-state index in [-0.39, 0.29) is 23.8 Å². The van der Waals surface area contributed by atoms with E-state index in [1.165, 1.54) is 0 Å². The molecule has 2 atom stereocenters. The first-order valence-corrected chi connectivity index (χ1v) is 6.92. The molecule has 1 aromatic carbocycles. The Labute approximate surface area is 118 Å². The summed E-state index contributed by atoms with van der Waals surface area (Å²) in [7, 11) is 0. The fraction of sp³-hybridized carbons (Fsp3) is 0.467. The van der Waals surface area contributed by atoms with E-state index in [1.54, 1.807) is 0 Å². The van der Waals surface area contributed by atoms with E-state index < -0.39 is 0 Å².